The Morgan fingerprint density at radius 2 is 2.12 bits per heavy atom. The van der Waals surface area contributed by atoms with Crippen LogP contribution < -0.4 is 0 Å². The van der Waals surface area contributed by atoms with Gasteiger partial charge in [0.1, 0.15) is 0 Å². The van der Waals surface area contributed by atoms with E-state index in [1.807, 2.05) is 19.4 Å². The van der Waals surface area contributed by atoms with Gasteiger partial charge in [-0.05, 0) is 18.8 Å². The lowest BCUT2D eigenvalue weighted by Crippen LogP contribution is -2.18. The zero-order valence-corrected chi connectivity index (χ0v) is 10.7. The Hall–Kier alpha value is -1.32. The molecule has 96 valence electrons. The summed E-state index contributed by atoms with van der Waals surface area (Å²) in [6.07, 6.45) is 9.96. The van der Waals surface area contributed by atoms with Crippen molar-refractivity contribution in [3.63, 3.8) is 0 Å². The van der Waals surface area contributed by atoms with Crippen LogP contribution in [0.4, 0.5) is 0 Å². The Morgan fingerprint density at radius 1 is 1.35 bits per heavy atom. The van der Waals surface area contributed by atoms with Crippen LogP contribution in [-0.2, 0) is 11.3 Å². The van der Waals surface area contributed by atoms with Gasteiger partial charge in [-0.1, -0.05) is 26.7 Å². The Balaban J connectivity index is 2.06. The summed E-state index contributed by atoms with van der Waals surface area (Å²) in [5, 5.41) is 8.87. The summed E-state index contributed by atoms with van der Waals surface area (Å²) in [6.45, 7) is 4.82. The zero-order valence-electron chi connectivity index (χ0n) is 10.7. The molecule has 1 N–H and O–H groups in total. The Morgan fingerprint density at radius 3 is 2.71 bits per heavy atom. The number of nitrogens with zero attached hydrogens (tertiary/aromatic N) is 2. The first-order valence-electron chi connectivity index (χ1n) is 6.30. The van der Waals surface area contributed by atoms with Crippen LogP contribution in [0.5, 0.6) is 0 Å². The molecule has 0 aliphatic rings. The molecule has 1 aromatic rings. The summed E-state index contributed by atoms with van der Waals surface area (Å²) in [7, 11) is 0. The molecule has 0 saturated carbocycles. The highest BCUT2D eigenvalue weighted by Gasteiger charge is 2.18. The Labute approximate surface area is 103 Å². The third-order valence-corrected chi connectivity index (χ3v) is 3.38. The highest BCUT2D eigenvalue weighted by molar-refractivity contribution is 5.69. The van der Waals surface area contributed by atoms with Gasteiger partial charge in [0, 0.05) is 18.9 Å². The highest BCUT2D eigenvalue weighted by Crippen LogP contribution is 2.18. The van der Waals surface area contributed by atoms with Crippen LogP contribution in [-0.4, -0.2) is 20.6 Å². The van der Waals surface area contributed by atoms with E-state index in [9.17, 15) is 4.79 Å². The fourth-order valence-corrected chi connectivity index (χ4v) is 1.85. The molecule has 2 atom stereocenters. The maximum atomic E-state index is 10.8. The van der Waals surface area contributed by atoms with Crippen LogP contribution in [0.1, 0.15) is 39.5 Å². The van der Waals surface area contributed by atoms with Gasteiger partial charge >= 0.3 is 5.97 Å². The normalized spacial score (nSPS) is 14.5. The molecule has 2 unspecified atom stereocenters. The molecule has 0 aliphatic carbocycles. The minimum atomic E-state index is -0.684. The monoisotopic (exact) mass is 238 g/mol. The van der Waals surface area contributed by atoms with Crippen molar-refractivity contribution in [2.24, 2.45) is 11.8 Å². The summed E-state index contributed by atoms with van der Waals surface area (Å²) in [5.41, 5.74) is 0. The fraction of sp³-hybridized carbons (Fsp3) is 0.692. The first kappa shape index (κ1) is 13.7. The predicted octanol–water partition coefficient (Wildman–Crippen LogP) is 2.80. The van der Waals surface area contributed by atoms with E-state index in [0.29, 0.717) is 0 Å². The van der Waals surface area contributed by atoms with Crippen molar-refractivity contribution >= 4 is 5.97 Å². The van der Waals surface area contributed by atoms with Crippen LogP contribution in [0.25, 0.3) is 0 Å². The molecular weight excluding hydrogens is 216 g/mol. The molecular formula is C13H22N2O2. The van der Waals surface area contributed by atoms with E-state index in [0.717, 1.165) is 32.2 Å². The zero-order chi connectivity index (χ0) is 12.7. The number of hydrogen-bond acceptors (Lipinski definition) is 2. The summed E-state index contributed by atoms with van der Waals surface area (Å²) >= 11 is 0. The molecule has 4 nitrogen and oxygen atoms in total. The third-order valence-electron chi connectivity index (χ3n) is 3.38. The van der Waals surface area contributed by atoms with Gasteiger partial charge in [-0.25, -0.2) is 4.98 Å². The SMILES string of the molecule is CC(CCCCCn1ccnc1)C(C)C(=O)O. The van der Waals surface area contributed by atoms with Crippen molar-refractivity contribution in [2.45, 2.75) is 46.1 Å². The van der Waals surface area contributed by atoms with Crippen LogP contribution in [0.3, 0.4) is 0 Å². The summed E-state index contributed by atoms with van der Waals surface area (Å²) in [5.74, 6) is -0.652. The number of carboxylic acids is 1. The molecule has 0 aliphatic heterocycles. The van der Waals surface area contributed by atoms with E-state index < -0.39 is 5.97 Å². The largest absolute Gasteiger partial charge is 0.481 e. The predicted molar refractivity (Wildman–Crippen MR) is 66.7 cm³/mol. The minimum Gasteiger partial charge on any atom is -0.481 e. The lowest BCUT2D eigenvalue weighted by Gasteiger charge is -2.15. The second-order valence-electron chi connectivity index (χ2n) is 4.75. The first-order valence-corrected chi connectivity index (χ1v) is 6.30. The molecule has 1 rings (SSSR count). The quantitative estimate of drug-likeness (QED) is 0.708. The van der Waals surface area contributed by atoms with Crippen LogP contribution in [0.15, 0.2) is 18.7 Å². The number of carbonyl (C=O) groups is 1. The van der Waals surface area contributed by atoms with E-state index >= 15 is 0 Å². The average molecular weight is 238 g/mol. The number of imidazole rings is 1. The van der Waals surface area contributed by atoms with Crippen LogP contribution in [0.2, 0.25) is 0 Å². The Kier molecular flexibility index (Phi) is 5.73. The number of hydrogen-bond donors (Lipinski definition) is 1. The van der Waals surface area contributed by atoms with Crippen LogP contribution >= 0.6 is 0 Å². The molecule has 0 bridgehead atoms. The van der Waals surface area contributed by atoms with E-state index in [2.05, 4.69) is 9.55 Å². The number of rotatable bonds is 8. The number of unbranched alkanes of at least 4 members (excludes halogenated alkanes) is 2. The average Bonchev–Trinajstić information content (AvgIpc) is 2.80. The molecule has 17 heavy (non-hydrogen) atoms. The van der Waals surface area contributed by atoms with Crippen molar-refractivity contribution < 1.29 is 9.90 Å². The first-order chi connectivity index (χ1) is 8.11. The second-order valence-corrected chi connectivity index (χ2v) is 4.75. The topological polar surface area (TPSA) is 55.1 Å². The van der Waals surface area contributed by atoms with Crippen molar-refractivity contribution in [1.29, 1.82) is 0 Å². The van der Waals surface area contributed by atoms with Crippen molar-refractivity contribution in [3.8, 4) is 0 Å². The van der Waals surface area contributed by atoms with Gasteiger partial charge < -0.3 is 9.67 Å². The molecule has 1 aromatic heterocycles. The van der Waals surface area contributed by atoms with Gasteiger partial charge in [0.25, 0.3) is 0 Å². The third kappa shape index (κ3) is 5.02. The molecule has 1 heterocycles. The van der Waals surface area contributed by atoms with E-state index in [4.69, 9.17) is 5.11 Å². The molecule has 0 fully saturated rings. The fourth-order valence-electron chi connectivity index (χ4n) is 1.85. The highest BCUT2D eigenvalue weighted by atomic mass is 16.4. The van der Waals surface area contributed by atoms with E-state index in [1.165, 1.54) is 0 Å². The van der Waals surface area contributed by atoms with Gasteiger partial charge in [-0.3, -0.25) is 4.79 Å². The maximum absolute atomic E-state index is 10.8. The number of aryl methyl sites for hydroxylation is 1. The maximum Gasteiger partial charge on any atom is 0.306 e. The Bertz CT molecular complexity index is 322. The van der Waals surface area contributed by atoms with E-state index in [1.54, 1.807) is 13.1 Å². The second kappa shape index (κ2) is 7.09. The molecule has 0 aromatic carbocycles. The van der Waals surface area contributed by atoms with Gasteiger partial charge in [0.15, 0.2) is 0 Å². The van der Waals surface area contributed by atoms with Gasteiger partial charge in [0.2, 0.25) is 0 Å². The van der Waals surface area contributed by atoms with Gasteiger partial charge in [0.05, 0.1) is 12.2 Å². The number of carboxylic acid groups (broad SMARTS) is 1. The molecule has 0 amide bonds. The van der Waals surface area contributed by atoms with Gasteiger partial charge in [-0.2, -0.15) is 0 Å². The van der Waals surface area contributed by atoms with Crippen molar-refractivity contribution in [2.75, 3.05) is 0 Å². The van der Waals surface area contributed by atoms with Crippen molar-refractivity contribution in [3.05, 3.63) is 18.7 Å². The van der Waals surface area contributed by atoms with E-state index in [-0.39, 0.29) is 11.8 Å². The van der Waals surface area contributed by atoms with Crippen LogP contribution in [0, 0.1) is 11.8 Å². The minimum absolute atomic E-state index is 0.233. The molecule has 0 radical (unpaired) electrons. The smallest absolute Gasteiger partial charge is 0.306 e. The molecule has 4 heteroatoms. The van der Waals surface area contributed by atoms with Gasteiger partial charge in [-0.15, -0.1) is 0 Å². The summed E-state index contributed by atoms with van der Waals surface area (Å²) in [6, 6.07) is 0. The summed E-state index contributed by atoms with van der Waals surface area (Å²) in [4.78, 5) is 14.8. The lowest BCUT2D eigenvalue weighted by atomic mass is 9.91. The van der Waals surface area contributed by atoms with Crippen molar-refractivity contribution in [1.82, 2.24) is 9.55 Å². The number of aliphatic carboxylic acids is 1. The summed E-state index contributed by atoms with van der Waals surface area (Å²) < 4.78 is 2.07. The molecule has 0 saturated heterocycles. The lowest BCUT2D eigenvalue weighted by molar-refractivity contribution is -0.142. The molecule has 0 spiro atoms. The number of aromatic nitrogens is 2. The standard InChI is InChI=1S/C13H22N2O2/c1-11(12(2)13(16)17)6-4-3-5-8-15-9-7-14-10-15/h7,9-12H,3-6,8H2,1-2H3,(H,16,17).